The number of nitrogens with zero attached hydrogens (tertiary/aromatic N) is 3. The summed E-state index contributed by atoms with van der Waals surface area (Å²) in [6.07, 6.45) is 1.82. The summed E-state index contributed by atoms with van der Waals surface area (Å²) in [5, 5.41) is 4.90. The molecule has 2 aromatic heterocycles. The molecule has 5 aromatic rings. The van der Waals surface area contributed by atoms with E-state index in [1.54, 1.807) is 7.11 Å². The van der Waals surface area contributed by atoms with E-state index in [2.05, 4.69) is 40.8 Å². The zero-order valence-electron chi connectivity index (χ0n) is 22.9. The zero-order valence-corrected chi connectivity index (χ0v) is 24.5. The monoisotopic (exact) mass is 580 g/mol. The number of ether oxygens (including phenoxy) is 2. The maximum Gasteiger partial charge on any atom is 0.174 e. The molecule has 6 nitrogen and oxygen atoms in total. The Morgan fingerprint density at radius 1 is 0.829 bits per heavy atom. The lowest BCUT2D eigenvalue weighted by molar-refractivity contribution is 0.413. The van der Waals surface area contributed by atoms with Gasteiger partial charge in [0, 0.05) is 34.0 Å². The second kappa shape index (κ2) is 11.3. The van der Waals surface area contributed by atoms with Crippen LogP contribution in [0.25, 0.3) is 5.69 Å². The van der Waals surface area contributed by atoms with E-state index in [0.717, 1.165) is 51.3 Å². The molecule has 206 valence electrons. The van der Waals surface area contributed by atoms with E-state index in [1.807, 2.05) is 91.1 Å². The molecule has 0 spiro atoms. The molecule has 0 aliphatic carbocycles. The molecule has 1 aliphatic heterocycles. The van der Waals surface area contributed by atoms with Gasteiger partial charge in [0.2, 0.25) is 0 Å². The van der Waals surface area contributed by atoms with E-state index in [4.69, 9.17) is 38.3 Å². The Labute approximate surface area is 250 Å². The summed E-state index contributed by atoms with van der Waals surface area (Å²) in [7, 11) is 1.65. The molecule has 0 saturated carbocycles. The smallest absolute Gasteiger partial charge is 0.174 e. The van der Waals surface area contributed by atoms with E-state index in [1.165, 1.54) is 0 Å². The Balaban J connectivity index is 1.39. The second-order valence-corrected chi connectivity index (χ2v) is 10.7. The first kappa shape index (κ1) is 26.9. The maximum absolute atomic E-state index is 6.36. The normalized spacial score (nSPS) is 16.5. The number of thiocarbonyl (C=S) groups is 1. The van der Waals surface area contributed by atoms with Crippen LogP contribution in [0.1, 0.15) is 34.7 Å². The number of pyridine rings is 1. The molecule has 41 heavy (non-hydrogen) atoms. The summed E-state index contributed by atoms with van der Waals surface area (Å²) >= 11 is 12.3. The standard InChI is InChI=1S/C33H29ClN4O2S/c1-21-19-29(22(2)37(21)25-8-6-7-23(34)20-25)32-31(30-9-4-5-18-35-30)36-33(41)38(32)24-10-12-27(13-11-24)40-28-16-14-26(39-3)15-17-28/h4-20,31-32H,1-3H3,(H,36,41)/t31-,32-/m0/s1. The van der Waals surface area contributed by atoms with Gasteiger partial charge < -0.3 is 24.3 Å². The van der Waals surface area contributed by atoms with Gasteiger partial charge in [-0.15, -0.1) is 0 Å². The molecule has 8 heteroatoms. The molecule has 3 heterocycles. The lowest BCUT2D eigenvalue weighted by Crippen LogP contribution is -2.29. The van der Waals surface area contributed by atoms with Gasteiger partial charge in [-0.2, -0.15) is 0 Å². The maximum atomic E-state index is 6.36. The third-order valence-electron chi connectivity index (χ3n) is 7.36. The van der Waals surface area contributed by atoms with Crippen molar-refractivity contribution >= 4 is 34.6 Å². The van der Waals surface area contributed by atoms with Crippen LogP contribution < -0.4 is 19.7 Å². The number of anilines is 1. The molecular formula is C33H29ClN4O2S. The van der Waals surface area contributed by atoms with Gasteiger partial charge in [-0.05, 0) is 117 Å². The van der Waals surface area contributed by atoms with Crippen molar-refractivity contribution in [1.82, 2.24) is 14.9 Å². The fourth-order valence-electron chi connectivity index (χ4n) is 5.50. The van der Waals surface area contributed by atoms with Crippen molar-refractivity contribution in [3.05, 3.63) is 131 Å². The number of rotatable bonds is 7. The topological polar surface area (TPSA) is 51.6 Å². The lowest BCUT2D eigenvalue weighted by Gasteiger charge is -2.28. The van der Waals surface area contributed by atoms with E-state index in [9.17, 15) is 0 Å². The van der Waals surface area contributed by atoms with Crippen LogP contribution in [-0.2, 0) is 0 Å². The molecule has 3 aromatic carbocycles. The van der Waals surface area contributed by atoms with E-state index in [-0.39, 0.29) is 12.1 Å². The van der Waals surface area contributed by atoms with Crippen LogP contribution in [0.4, 0.5) is 5.69 Å². The van der Waals surface area contributed by atoms with Crippen LogP contribution in [0.2, 0.25) is 5.02 Å². The summed E-state index contributed by atoms with van der Waals surface area (Å²) in [6.45, 7) is 4.26. The van der Waals surface area contributed by atoms with Crippen molar-refractivity contribution in [1.29, 1.82) is 0 Å². The van der Waals surface area contributed by atoms with Crippen molar-refractivity contribution in [3.63, 3.8) is 0 Å². The number of methoxy groups -OCH3 is 1. The third kappa shape index (κ3) is 5.26. The number of nitrogens with one attached hydrogen (secondary N) is 1. The summed E-state index contributed by atoms with van der Waals surface area (Å²) in [4.78, 5) is 6.88. The van der Waals surface area contributed by atoms with Gasteiger partial charge in [0.15, 0.2) is 5.11 Å². The van der Waals surface area contributed by atoms with E-state index >= 15 is 0 Å². The molecule has 2 atom stereocenters. The van der Waals surface area contributed by atoms with Crippen molar-refractivity contribution in [2.24, 2.45) is 0 Å². The molecule has 0 unspecified atom stereocenters. The van der Waals surface area contributed by atoms with E-state index in [0.29, 0.717) is 10.1 Å². The molecular weight excluding hydrogens is 552 g/mol. The van der Waals surface area contributed by atoms with Gasteiger partial charge in [-0.3, -0.25) is 4.98 Å². The van der Waals surface area contributed by atoms with Crippen LogP contribution in [0, 0.1) is 13.8 Å². The van der Waals surface area contributed by atoms with Gasteiger partial charge in [-0.1, -0.05) is 23.7 Å². The minimum atomic E-state index is -0.146. The second-order valence-electron chi connectivity index (χ2n) is 9.91. The Kier molecular flexibility index (Phi) is 7.39. The van der Waals surface area contributed by atoms with Gasteiger partial charge in [-0.25, -0.2) is 0 Å². The van der Waals surface area contributed by atoms with Crippen LogP contribution >= 0.6 is 23.8 Å². The van der Waals surface area contributed by atoms with Crippen LogP contribution in [-0.4, -0.2) is 21.8 Å². The van der Waals surface area contributed by atoms with Crippen LogP contribution in [0.5, 0.6) is 17.2 Å². The van der Waals surface area contributed by atoms with Gasteiger partial charge in [0.25, 0.3) is 0 Å². The predicted molar refractivity (Wildman–Crippen MR) is 168 cm³/mol. The van der Waals surface area contributed by atoms with Crippen LogP contribution in [0.15, 0.2) is 103 Å². The van der Waals surface area contributed by atoms with Crippen molar-refractivity contribution in [3.8, 4) is 22.9 Å². The highest BCUT2D eigenvalue weighted by atomic mass is 35.5. The first-order chi connectivity index (χ1) is 19.9. The van der Waals surface area contributed by atoms with Crippen molar-refractivity contribution in [2.45, 2.75) is 25.9 Å². The molecule has 1 aliphatic rings. The summed E-state index contributed by atoms with van der Waals surface area (Å²) < 4.78 is 13.6. The average molecular weight is 581 g/mol. The number of aryl methyl sites for hydroxylation is 1. The highest BCUT2D eigenvalue weighted by molar-refractivity contribution is 7.80. The Hall–Kier alpha value is -4.33. The first-order valence-corrected chi connectivity index (χ1v) is 14.1. The van der Waals surface area contributed by atoms with E-state index < -0.39 is 0 Å². The molecule has 0 bridgehead atoms. The molecule has 0 radical (unpaired) electrons. The third-order valence-corrected chi connectivity index (χ3v) is 7.91. The molecule has 1 saturated heterocycles. The Bertz CT molecular complexity index is 1690. The SMILES string of the molecule is COc1ccc(Oc2ccc(N3C(=S)N[C@@H](c4ccccn4)[C@@H]3c3cc(C)n(-c4cccc(Cl)c4)c3C)cc2)cc1. The number of hydrogen-bond acceptors (Lipinski definition) is 4. The number of hydrogen-bond donors (Lipinski definition) is 1. The predicted octanol–water partition coefficient (Wildman–Crippen LogP) is 8.12. The molecule has 1 fully saturated rings. The van der Waals surface area contributed by atoms with Gasteiger partial charge in [0.05, 0.1) is 24.9 Å². The molecule has 1 N–H and O–H groups in total. The summed E-state index contributed by atoms with van der Waals surface area (Å²) in [6, 6.07) is 31.4. The average Bonchev–Trinajstić information content (AvgIpc) is 3.49. The number of halogens is 1. The van der Waals surface area contributed by atoms with Gasteiger partial charge in [0.1, 0.15) is 17.2 Å². The summed E-state index contributed by atoms with van der Waals surface area (Å²) in [5.74, 6) is 2.25. The van der Waals surface area contributed by atoms with Gasteiger partial charge >= 0.3 is 0 Å². The van der Waals surface area contributed by atoms with Crippen molar-refractivity contribution < 1.29 is 9.47 Å². The highest BCUT2D eigenvalue weighted by Crippen LogP contribution is 2.44. The first-order valence-electron chi connectivity index (χ1n) is 13.3. The minimum absolute atomic E-state index is 0.134. The van der Waals surface area contributed by atoms with Crippen LogP contribution in [0.3, 0.4) is 0 Å². The molecule has 0 amide bonds. The molecule has 6 rings (SSSR count). The zero-order chi connectivity index (χ0) is 28.5. The minimum Gasteiger partial charge on any atom is -0.497 e. The number of benzene rings is 3. The largest absolute Gasteiger partial charge is 0.497 e. The Morgan fingerprint density at radius 2 is 1.54 bits per heavy atom. The fourth-order valence-corrected chi connectivity index (χ4v) is 6.03. The lowest BCUT2D eigenvalue weighted by atomic mass is 9.96. The number of aromatic nitrogens is 2. The fraction of sp³-hybridized carbons (Fsp3) is 0.152. The highest BCUT2D eigenvalue weighted by Gasteiger charge is 2.42. The summed E-state index contributed by atoms with van der Waals surface area (Å²) in [5.41, 5.74) is 6.29. The Morgan fingerprint density at radius 3 is 2.20 bits per heavy atom. The quantitative estimate of drug-likeness (QED) is 0.196. The van der Waals surface area contributed by atoms with Crippen molar-refractivity contribution in [2.75, 3.05) is 12.0 Å².